The van der Waals surface area contributed by atoms with E-state index in [2.05, 4.69) is 30.7 Å². The molecule has 1 aliphatic heterocycles. The summed E-state index contributed by atoms with van der Waals surface area (Å²) in [6.45, 7) is 9.80. The van der Waals surface area contributed by atoms with Gasteiger partial charge in [0.05, 0.1) is 0 Å². The molecule has 18 heavy (non-hydrogen) atoms. The molecule has 0 saturated carbocycles. The molecule has 1 aliphatic rings. The molecule has 1 aromatic heterocycles. The molecule has 0 amide bonds. The maximum absolute atomic E-state index is 6.02. The van der Waals surface area contributed by atoms with Crippen molar-refractivity contribution < 1.29 is 0 Å². The highest BCUT2D eigenvalue weighted by Gasteiger charge is 2.29. The molecule has 2 atom stereocenters. The third kappa shape index (κ3) is 2.42. The number of nitrogen functional groups attached to an aromatic ring is 1. The van der Waals surface area contributed by atoms with Crippen LogP contribution >= 0.6 is 0 Å². The van der Waals surface area contributed by atoms with Crippen LogP contribution in [-0.2, 0) is 6.42 Å². The summed E-state index contributed by atoms with van der Waals surface area (Å²) < 4.78 is 0. The number of nitrogens with two attached hydrogens (primary N) is 1. The number of aryl methyl sites for hydroxylation is 1. The lowest BCUT2D eigenvalue weighted by atomic mass is 10.1. The Kier molecular flexibility index (Phi) is 3.73. The van der Waals surface area contributed by atoms with Crippen molar-refractivity contribution in [3.05, 3.63) is 11.4 Å². The second-order valence-corrected chi connectivity index (χ2v) is 5.57. The molecule has 0 spiro atoms. The highest BCUT2D eigenvalue weighted by Crippen LogP contribution is 2.31. The number of aromatic nitrogens is 2. The number of rotatable bonds is 3. The standard InChI is InChI=1S/C14H24N4/c1-5-6-12-16-13(15)11(4)14(17-12)18-8-9(2)7-10(18)3/h9-10H,5-8H2,1-4H3,(H2,15,16,17). The van der Waals surface area contributed by atoms with Gasteiger partial charge >= 0.3 is 0 Å². The van der Waals surface area contributed by atoms with E-state index in [9.17, 15) is 0 Å². The molecular formula is C14H24N4. The maximum Gasteiger partial charge on any atom is 0.137 e. The van der Waals surface area contributed by atoms with Crippen molar-refractivity contribution in [1.29, 1.82) is 0 Å². The van der Waals surface area contributed by atoms with Crippen LogP contribution in [0.1, 0.15) is 45.0 Å². The third-order valence-electron chi connectivity index (χ3n) is 3.73. The lowest BCUT2D eigenvalue weighted by Gasteiger charge is -2.25. The molecule has 4 heteroatoms. The van der Waals surface area contributed by atoms with Crippen LogP contribution in [0.5, 0.6) is 0 Å². The van der Waals surface area contributed by atoms with E-state index in [0.29, 0.717) is 11.9 Å². The molecule has 2 N–H and O–H groups in total. The Bertz CT molecular complexity index is 430. The predicted molar refractivity (Wildman–Crippen MR) is 75.8 cm³/mol. The molecule has 2 unspecified atom stereocenters. The summed E-state index contributed by atoms with van der Waals surface area (Å²) in [5, 5.41) is 0. The van der Waals surface area contributed by atoms with Crippen molar-refractivity contribution in [2.24, 2.45) is 5.92 Å². The quantitative estimate of drug-likeness (QED) is 0.893. The van der Waals surface area contributed by atoms with Gasteiger partial charge in [0, 0.05) is 24.6 Å². The first-order valence-corrected chi connectivity index (χ1v) is 6.92. The minimum absolute atomic E-state index is 0.544. The molecule has 2 rings (SSSR count). The van der Waals surface area contributed by atoms with Crippen LogP contribution in [0.2, 0.25) is 0 Å². The topological polar surface area (TPSA) is 55.0 Å². The molecule has 0 radical (unpaired) electrons. The molecule has 0 aromatic carbocycles. The van der Waals surface area contributed by atoms with Crippen LogP contribution in [0, 0.1) is 12.8 Å². The van der Waals surface area contributed by atoms with E-state index in [4.69, 9.17) is 10.7 Å². The Labute approximate surface area is 110 Å². The molecular weight excluding hydrogens is 224 g/mol. The fraction of sp³-hybridized carbons (Fsp3) is 0.714. The van der Waals surface area contributed by atoms with Crippen LogP contribution in [0.4, 0.5) is 11.6 Å². The SMILES string of the molecule is CCCc1nc(N)c(C)c(N2CC(C)CC2C)n1. The first kappa shape index (κ1) is 13.1. The lowest BCUT2D eigenvalue weighted by molar-refractivity contribution is 0.625. The minimum Gasteiger partial charge on any atom is -0.383 e. The fourth-order valence-electron chi connectivity index (χ4n) is 2.78. The summed E-state index contributed by atoms with van der Waals surface area (Å²) >= 11 is 0. The Hall–Kier alpha value is -1.32. The van der Waals surface area contributed by atoms with Crippen molar-refractivity contribution in [3.63, 3.8) is 0 Å². The molecule has 2 heterocycles. The Morgan fingerprint density at radius 1 is 1.33 bits per heavy atom. The molecule has 1 saturated heterocycles. The summed E-state index contributed by atoms with van der Waals surface area (Å²) in [6.07, 6.45) is 3.18. The average molecular weight is 248 g/mol. The van der Waals surface area contributed by atoms with Crippen LogP contribution in [0.3, 0.4) is 0 Å². The molecule has 4 nitrogen and oxygen atoms in total. The van der Waals surface area contributed by atoms with Gasteiger partial charge in [0.15, 0.2) is 0 Å². The van der Waals surface area contributed by atoms with Gasteiger partial charge in [0.1, 0.15) is 17.5 Å². The highest BCUT2D eigenvalue weighted by atomic mass is 15.2. The number of hydrogen-bond donors (Lipinski definition) is 1. The van der Waals surface area contributed by atoms with Crippen molar-refractivity contribution >= 4 is 11.6 Å². The first-order chi connectivity index (χ1) is 8.52. The first-order valence-electron chi connectivity index (χ1n) is 6.92. The van der Waals surface area contributed by atoms with Gasteiger partial charge in [-0.05, 0) is 32.6 Å². The van der Waals surface area contributed by atoms with Crippen LogP contribution in [-0.4, -0.2) is 22.6 Å². The molecule has 100 valence electrons. The van der Waals surface area contributed by atoms with E-state index in [1.165, 1.54) is 6.42 Å². The van der Waals surface area contributed by atoms with Gasteiger partial charge in [0.2, 0.25) is 0 Å². The molecule has 1 fully saturated rings. The summed E-state index contributed by atoms with van der Waals surface area (Å²) in [5.74, 6) is 3.28. The van der Waals surface area contributed by atoms with Crippen molar-refractivity contribution in [1.82, 2.24) is 9.97 Å². The van der Waals surface area contributed by atoms with E-state index in [-0.39, 0.29) is 0 Å². The summed E-state index contributed by atoms with van der Waals surface area (Å²) in [6, 6.07) is 0.544. The van der Waals surface area contributed by atoms with E-state index in [1.807, 2.05) is 6.92 Å². The smallest absolute Gasteiger partial charge is 0.137 e. The number of nitrogens with zero attached hydrogens (tertiary/aromatic N) is 3. The van der Waals surface area contributed by atoms with E-state index >= 15 is 0 Å². The lowest BCUT2D eigenvalue weighted by Crippen LogP contribution is -2.29. The number of anilines is 2. The Morgan fingerprint density at radius 3 is 2.61 bits per heavy atom. The second-order valence-electron chi connectivity index (χ2n) is 5.57. The average Bonchev–Trinajstić information content (AvgIpc) is 2.63. The van der Waals surface area contributed by atoms with Crippen molar-refractivity contribution in [2.75, 3.05) is 17.2 Å². The van der Waals surface area contributed by atoms with Crippen LogP contribution in [0.15, 0.2) is 0 Å². The van der Waals surface area contributed by atoms with Gasteiger partial charge in [-0.1, -0.05) is 13.8 Å². The largest absolute Gasteiger partial charge is 0.383 e. The zero-order valence-electron chi connectivity index (χ0n) is 11.9. The van der Waals surface area contributed by atoms with Gasteiger partial charge < -0.3 is 10.6 Å². The zero-order valence-corrected chi connectivity index (χ0v) is 11.9. The second kappa shape index (κ2) is 5.12. The molecule has 1 aromatic rings. The van der Waals surface area contributed by atoms with E-state index < -0.39 is 0 Å². The van der Waals surface area contributed by atoms with E-state index in [0.717, 1.165) is 42.5 Å². The Balaban J connectivity index is 2.36. The molecule has 0 bridgehead atoms. The van der Waals surface area contributed by atoms with Gasteiger partial charge in [-0.15, -0.1) is 0 Å². The monoisotopic (exact) mass is 248 g/mol. The van der Waals surface area contributed by atoms with E-state index in [1.54, 1.807) is 0 Å². The summed E-state index contributed by atoms with van der Waals surface area (Å²) in [7, 11) is 0. The highest BCUT2D eigenvalue weighted by molar-refractivity contribution is 5.57. The van der Waals surface area contributed by atoms with Gasteiger partial charge in [-0.2, -0.15) is 0 Å². The number of hydrogen-bond acceptors (Lipinski definition) is 4. The van der Waals surface area contributed by atoms with Gasteiger partial charge in [0.25, 0.3) is 0 Å². The van der Waals surface area contributed by atoms with Crippen molar-refractivity contribution in [2.45, 2.75) is 53.0 Å². The third-order valence-corrected chi connectivity index (χ3v) is 3.73. The fourth-order valence-corrected chi connectivity index (χ4v) is 2.78. The maximum atomic E-state index is 6.02. The molecule has 0 aliphatic carbocycles. The van der Waals surface area contributed by atoms with Crippen LogP contribution < -0.4 is 10.6 Å². The summed E-state index contributed by atoms with van der Waals surface area (Å²) in [4.78, 5) is 11.5. The predicted octanol–water partition coefficient (Wildman–Crippen LogP) is 2.55. The zero-order chi connectivity index (χ0) is 13.3. The summed E-state index contributed by atoms with van der Waals surface area (Å²) in [5.41, 5.74) is 7.05. The van der Waals surface area contributed by atoms with Gasteiger partial charge in [-0.3, -0.25) is 0 Å². The Morgan fingerprint density at radius 2 is 2.06 bits per heavy atom. The van der Waals surface area contributed by atoms with Crippen molar-refractivity contribution in [3.8, 4) is 0 Å². The van der Waals surface area contributed by atoms with Crippen LogP contribution in [0.25, 0.3) is 0 Å². The van der Waals surface area contributed by atoms with Gasteiger partial charge in [-0.25, -0.2) is 9.97 Å². The normalized spacial score (nSPS) is 23.7. The minimum atomic E-state index is 0.544.